The summed E-state index contributed by atoms with van der Waals surface area (Å²) in [5.41, 5.74) is -1.33. The van der Waals surface area contributed by atoms with Gasteiger partial charge in [-0.05, 0) is 6.07 Å². The number of rotatable bonds is 2. The SMILES string of the molecule is COc1c(Cl)ccc([B-](F)(F)F)c1F.[K+]. The van der Waals surface area contributed by atoms with E-state index in [-0.39, 0.29) is 56.4 Å². The minimum Gasteiger partial charge on any atom is -0.492 e. The van der Waals surface area contributed by atoms with Crippen molar-refractivity contribution >= 4 is 24.0 Å². The Hall–Kier alpha value is 0.731. The molecule has 0 bridgehead atoms. The van der Waals surface area contributed by atoms with Crippen molar-refractivity contribution in [1.29, 1.82) is 0 Å². The van der Waals surface area contributed by atoms with Gasteiger partial charge in [-0.15, -0.1) is 0 Å². The van der Waals surface area contributed by atoms with Gasteiger partial charge in [0.1, 0.15) is 5.82 Å². The number of hydrogen-bond acceptors (Lipinski definition) is 1. The second kappa shape index (κ2) is 5.88. The maximum atomic E-state index is 13.1. The van der Waals surface area contributed by atoms with Gasteiger partial charge in [0.2, 0.25) is 0 Å². The molecule has 0 aliphatic rings. The van der Waals surface area contributed by atoms with Gasteiger partial charge in [0, 0.05) is 0 Å². The molecule has 0 radical (unpaired) electrons. The number of halogens is 5. The molecule has 1 rings (SSSR count). The van der Waals surface area contributed by atoms with Crippen molar-refractivity contribution in [3.63, 3.8) is 0 Å². The maximum absolute atomic E-state index is 13.1. The van der Waals surface area contributed by atoms with Crippen LogP contribution in [0.5, 0.6) is 5.75 Å². The Morgan fingerprint density at radius 1 is 1.27 bits per heavy atom. The molecule has 8 heteroatoms. The van der Waals surface area contributed by atoms with E-state index in [1.807, 2.05) is 0 Å². The molecule has 1 nitrogen and oxygen atoms in total. The van der Waals surface area contributed by atoms with Gasteiger partial charge in [-0.2, -0.15) is 0 Å². The van der Waals surface area contributed by atoms with Crippen molar-refractivity contribution in [3.8, 4) is 5.75 Å². The molecule has 0 fully saturated rings. The van der Waals surface area contributed by atoms with Crippen LogP contribution >= 0.6 is 11.6 Å². The first-order chi connectivity index (χ1) is 6.38. The molecular formula is C7H5BClF4KO. The monoisotopic (exact) mass is 266 g/mol. The molecule has 1 aromatic carbocycles. The van der Waals surface area contributed by atoms with Gasteiger partial charge in [-0.1, -0.05) is 23.1 Å². The largest absolute Gasteiger partial charge is 1.00 e. The van der Waals surface area contributed by atoms with Gasteiger partial charge in [0.15, 0.2) is 5.75 Å². The van der Waals surface area contributed by atoms with Crippen LogP contribution in [-0.2, 0) is 0 Å². The van der Waals surface area contributed by atoms with Crippen LogP contribution in [0.25, 0.3) is 0 Å². The molecule has 0 amide bonds. The zero-order valence-electron chi connectivity index (χ0n) is 8.03. The first-order valence-corrected chi connectivity index (χ1v) is 3.97. The third-order valence-corrected chi connectivity index (χ3v) is 1.93. The number of benzene rings is 1. The fraction of sp³-hybridized carbons (Fsp3) is 0.143. The van der Waals surface area contributed by atoms with Gasteiger partial charge >= 0.3 is 58.4 Å². The van der Waals surface area contributed by atoms with E-state index in [1.165, 1.54) is 0 Å². The third-order valence-electron chi connectivity index (χ3n) is 1.64. The summed E-state index contributed by atoms with van der Waals surface area (Å²) in [6, 6.07) is 1.55. The third kappa shape index (κ3) is 3.61. The average Bonchev–Trinajstić information content (AvgIpc) is 2.02. The quantitative estimate of drug-likeness (QED) is 0.520. The summed E-state index contributed by atoms with van der Waals surface area (Å²) in [7, 11) is 1.05. The molecule has 15 heavy (non-hydrogen) atoms. The van der Waals surface area contributed by atoms with Crippen LogP contribution in [0, 0.1) is 5.82 Å². The fourth-order valence-corrected chi connectivity index (χ4v) is 1.21. The molecule has 78 valence electrons. The summed E-state index contributed by atoms with van der Waals surface area (Å²) in [6.07, 6.45) is 0. The summed E-state index contributed by atoms with van der Waals surface area (Å²) < 4.78 is 54.2. The average molecular weight is 266 g/mol. The van der Waals surface area contributed by atoms with E-state index in [9.17, 15) is 17.3 Å². The summed E-state index contributed by atoms with van der Waals surface area (Å²) in [5, 5.41) is -0.186. The van der Waals surface area contributed by atoms with Crippen LogP contribution < -0.4 is 61.6 Å². The molecule has 0 atom stereocenters. The van der Waals surface area contributed by atoms with Crippen LogP contribution in [-0.4, -0.2) is 14.1 Å². The van der Waals surface area contributed by atoms with E-state index < -0.39 is 24.0 Å². The second-order valence-corrected chi connectivity index (χ2v) is 2.97. The van der Waals surface area contributed by atoms with Crippen molar-refractivity contribution in [2.45, 2.75) is 0 Å². The Kier molecular flexibility index (Phi) is 6.17. The van der Waals surface area contributed by atoms with Crippen LogP contribution in [0.4, 0.5) is 17.3 Å². The number of hydrogen-bond donors (Lipinski definition) is 0. The van der Waals surface area contributed by atoms with Crippen LogP contribution in [0.2, 0.25) is 5.02 Å². The zero-order valence-corrected chi connectivity index (χ0v) is 11.9. The van der Waals surface area contributed by atoms with E-state index in [2.05, 4.69) is 4.74 Å². The molecule has 0 aromatic heterocycles. The molecule has 0 saturated carbocycles. The predicted octanol–water partition coefficient (Wildman–Crippen LogP) is -0.454. The molecular weight excluding hydrogens is 261 g/mol. The Bertz CT molecular complexity index is 358. The molecule has 0 spiro atoms. The first-order valence-electron chi connectivity index (χ1n) is 3.59. The van der Waals surface area contributed by atoms with Gasteiger partial charge in [0.05, 0.1) is 12.1 Å². The maximum Gasteiger partial charge on any atom is 1.00 e. The van der Waals surface area contributed by atoms with Crippen LogP contribution in [0.1, 0.15) is 0 Å². The standard InChI is InChI=1S/C7H5BClF4O.K/c1-14-7-5(9)3-2-4(6(7)10)8(11,12)13;/h2-3H,1H3;/q-1;+1. The van der Waals surface area contributed by atoms with Gasteiger partial charge in [-0.3, -0.25) is 0 Å². The van der Waals surface area contributed by atoms with E-state index >= 15 is 0 Å². The van der Waals surface area contributed by atoms with Crippen molar-refractivity contribution in [1.82, 2.24) is 0 Å². The summed E-state index contributed by atoms with van der Waals surface area (Å²) >= 11 is 5.43. The number of methoxy groups -OCH3 is 1. The molecule has 0 aliphatic carbocycles. The van der Waals surface area contributed by atoms with E-state index in [0.29, 0.717) is 6.07 Å². The number of ether oxygens (including phenoxy) is 1. The molecule has 0 saturated heterocycles. The van der Waals surface area contributed by atoms with Crippen molar-refractivity contribution < 1.29 is 73.5 Å². The van der Waals surface area contributed by atoms with E-state index in [0.717, 1.165) is 13.2 Å². The van der Waals surface area contributed by atoms with Crippen LogP contribution in [0.3, 0.4) is 0 Å². The molecule has 0 unspecified atom stereocenters. The topological polar surface area (TPSA) is 9.23 Å². The fourth-order valence-electron chi connectivity index (χ4n) is 0.988. The summed E-state index contributed by atoms with van der Waals surface area (Å²) in [5.74, 6) is -2.05. The van der Waals surface area contributed by atoms with Gasteiger partial charge in [0.25, 0.3) is 0 Å². The smallest absolute Gasteiger partial charge is 0.492 e. The van der Waals surface area contributed by atoms with E-state index in [1.54, 1.807) is 0 Å². The van der Waals surface area contributed by atoms with Gasteiger partial charge in [-0.25, -0.2) is 4.39 Å². The van der Waals surface area contributed by atoms with Crippen molar-refractivity contribution in [2.75, 3.05) is 7.11 Å². The van der Waals surface area contributed by atoms with Crippen molar-refractivity contribution in [3.05, 3.63) is 23.0 Å². The Morgan fingerprint density at radius 3 is 2.20 bits per heavy atom. The Labute approximate surface area is 132 Å². The minimum absolute atomic E-state index is 0. The van der Waals surface area contributed by atoms with E-state index in [4.69, 9.17) is 11.6 Å². The Morgan fingerprint density at radius 2 is 1.80 bits per heavy atom. The zero-order chi connectivity index (χ0) is 10.9. The normalized spacial score (nSPS) is 10.8. The molecule has 1 aromatic rings. The predicted molar refractivity (Wildman–Crippen MR) is 46.7 cm³/mol. The van der Waals surface area contributed by atoms with Crippen LogP contribution in [0.15, 0.2) is 12.1 Å². The summed E-state index contributed by atoms with van der Waals surface area (Å²) in [4.78, 5) is 0. The molecule has 0 aliphatic heterocycles. The summed E-state index contributed by atoms with van der Waals surface area (Å²) in [6.45, 7) is -5.38. The minimum atomic E-state index is -5.38. The van der Waals surface area contributed by atoms with Crippen molar-refractivity contribution in [2.24, 2.45) is 0 Å². The molecule has 0 heterocycles. The molecule has 0 N–H and O–H groups in total. The second-order valence-electron chi connectivity index (χ2n) is 2.56. The first kappa shape index (κ1) is 15.7. The Balaban J connectivity index is 0.00000196. The van der Waals surface area contributed by atoms with Gasteiger partial charge < -0.3 is 17.7 Å².